The summed E-state index contributed by atoms with van der Waals surface area (Å²) in [6.07, 6.45) is 4.26. The minimum Gasteiger partial charge on any atom is -0.396 e. The van der Waals surface area contributed by atoms with Crippen LogP contribution >= 0.6 is 0 Å². The molecule has 0 bridgehead atoms. The van der Waals surface area contributed by atoms with Crippen molar-refractivity contribution >= 4 is 22.8 Å². The molecule has 1 aliphatic rings. The molecule has 7 nitrogen and oxygen atoms in total. The van der Waals surface area contributed by atoms with Gasteiger partial charge in [-0.15, -0.1) is 0 Å². The predicted octanol–water partition coefficient (Wildman–Crippen LogP) is 3.08. The van der Waals surface area contributed by atoms with Crippen LogP contribution in [0.5, 0.6) is 0 Å². The number of aliphatic hydroxyl groups is 1. The van der Waals surface area contributed by atoms with E-state index in [1.54, 1.807) is 6.07 Å². The van der Waals surface area contributed by atoms with E-state index in [1.807, 2.05) is 4.90 Å². The Morgan fingerprint density at radius 3 is 3.00 bits per heavy atom. The molecule has 0 spiro atoms. The van der Waals surface area contributed by atoms with Crippen molar-refractivity contribution in [1.82, 2.24) is 20.5 Å². The maximum atomic E-state index is 14.4. The summed E-state index contributed by atoms with van der Waals surface area (Å²) in [5, 5.41) is 19.5. The predicted molar refractivity (Wildman–Crippen MR) is 108 cm³/mol. The average Bonchev–Trinajstić information content (AvgIpc) is 3.39. The summed E-state index contributed by atoms with van der Waals surface area (Å²) in [5.41, 5.74) is 1.21. The largest absolute Gasteiger partial charge is 0.396 e. The lowest BCUT2D eigenvalue weighted by Crippen LogP contribution is -2.25. The first-order valence-corrected chi connectivity index (χ1v) is 10.0. The van der Waals surface area contributed by atoms with Gasteiger partial charge in [0.2, 0.25) is 0 Å². The average molecular weight is 415 g/mol. The number of fused-ring (bicyclic) bond motifs is 1. The lowest BCUT2D eigenvalue weighted by Gasteiger charge is -2.25. The third-order valence-corrected chi connectivity index (χ3v) is 5.37. The third kappa shape index (κ3) is 3.97. The van der Waals surface area contributed by atoms with Crippen LogP contribution in [0.1, 0.15) is 47.6 Å². The zero-order valence-corrected chi connectivity index (χ0v) is 16.4. The van der Waals surface area contributed by atoms with Crippen LogP contribution in [0.25, 0.3) is 11.0 Å². The molecular weight excluding hydrogens is 392 g/mol. The molecule has 1 atom stereocenters. The Morgan fingerprint density at radius 1 is 1.30 bits per heavy atom. The van der Waals surface area contributed by atoms with Gasteiger partial charge in [-0.05, 0) is 49.9 Å². The van der Waals surface area contributed by atoms with Crippen molar-refractivity contribution in [3.8, 4) is 0 Å². The molecule has 3 aromatic rings. The Hall–Kier alpha value is -3.07. The molecule has 1 aliphatic heterocycles. The van der Waals surface area contributed by atoms with E-state index in [9.17, 15) is 13.6 Å². The normalized spacial score (nSPS) is 16.4. The zero-order valence-electron chi connectivity index (χ0n) is 16.4. The summed E-state index contributed by atoms with van der Waals surface area (Å²) < 4.78 is 28.1. The van der Waals surface area contributed by atoms with Gasteiger partial charge in [0.05, 0.1) is 17.0 Å². The molecule has 1 aromatic carbocycles. The van der Waals surface area contributed by atoms with Crippen molar-refractivity contribution in [3.63, 3.8) is 0 Å². The van der Waals surface area contributed by atoms with Gasteiger partial charge >= 0.3 is 0 Å². The van der Waals surface area contributed by atoms with E-state index < -0.39 is 11.6 Å². The third-order valence-electron chi connectivity index (χ3n) is 5.37. The number of nitrogens with one attached hydrogen (secondary N) is 2. The second-order valence-electron chi connectivity index (χ2n) is 7.37. The van der Waals surface area contributed by atoms with Crippen LogP contribution in [0.3, 0.4) is 0 Å². The lowest BCUT2D eigenvalue weighted by atomic mass is 10.0. The quantitative estimate of drug-likeness (QED) is 0.516. The molecule has 3 N–H and O–H groups in total. The van der Waals surface area contributed by atoms with Gasteiger partial charge in [-0.2, -0.15) is 5.10 Å². The van der Waals surface area contributed by atoms with Crippen molar-refractivity contribution in [1.29, 1.82) is 0 Å². The van der Waals surface area contributed by atoms with Gasteiger partial charge < -0.3 is 15.3 Å². The van der Waals surface area contributed by atoms with Crippen molar-refractivity contribution in [2.75, 3.05) is 24.6 Å². The number of H-pyrrole nitrogens is 1. The molecule has 1 fully saturated rings. The van der Waals surface area contributed by atoms with E-state index in [2.05, 4.69) is 20.5 Å². The fourth-order valence-electron chi connectivity index (χ4n) is 3.89. The number of aromatic nitrogens is 3. The molecule has 30 heavy (non-hydrogen) atoms. The minimum absolute atomic E-state index is 0.0880. The first kappa shape index (κ1) is 20.2. The molecule has 2 aromatic heterocycles. The van der Waals surface area contributed by atoms with Gasteiger partial charge in [0.15, 0.2) is 11.5 Å². The fourth-order valence-corrected chi connectivity index (χ4v) is 3.89. The number of amides is 1. The summed E-state index contributed by atoms with van der Waals surface area (Å²) in [4.78, 5) is 18.6. The Morgan fingerprint density at radius 2 is 2.17 bits per heavy atom. The second-order valence-corrected chi connectivity index (χ2v) is 7.37. The SMILES string of the molecule is O=C(NCCCCO)c1cnc2[nH]nc(N3CCCC3c3cc(F)ccc3F)c2c1. The molecule has 0 aliphatic carbocycles. The van der Waals surface area contributed by atoms with Gasteiger partial charge in [0, 0.05) is 31.5 Å². The highest BCUT2D eigenvalue weighted by molar-refractivity contribution is 5.99. The van der Waals surface area contributed by atoms with Crippen LogP contribution in [0.4, 0.5) is 14.6 Å². The lowest BCUT2D eigenvalue weighted by molar-refractivity contribution is 0.0952. The van der Waals surface area contributed by atoms with Gasteiger partial charge in [0.1, 0.15) is 11.6 Å². The Labute approximate surface area is 172 Å². The molecular formula is C21H23F2N5O2. The maximum Gasteiger partial charge on any atom is 0.252 e. The molecule has 3 heterocycles. The summed E-state index contributed by atoms with van der Waals surface area (Å²) >= 11 is 0. The summed E-state index contributed by atoms with van der Waals surface area (Å²) in [6.45, 7) is 1.19. The molecule has 4 rings (SSSR count). The van der Waals surface area contributed by atoms with Crippen LogP contribution in [-0.2, 0) is 0 Å². The number of aromatic amines is 1. The Bertz CT molecular complexity index is 1060. The zero-order chi connectivity index (χ0) is 21.1. The van der Waals surface area contributed by atoms with Crippen molar-refractivity contribution in [2.45, 2.75) is 31.7 Å². The topological polar surface area (TPSA) is 94.1 Å². The number of carbonyl (C=O) groups is 1. The highest BCUT2D eigenvalue weighted by Crippen LogP contribution is 2.39. The smallest absolute Gasteiger partial charge is 0.252 e. The number of carbonyl (C=O) groups excluding carboxylic acids is 1. The number of pyridine rings is 1. The number of anilines is 1. The summed E-state index contributed by atoms with van der Waals surface area (Å²) in [7, 11) is 0. The van der Waals surface area contributed by atoms with E-state index in [0.717, 1.165) is 18.6 Å². The molecule has 1 unspecified atom stereocenters. The van der Waals surface area contributed by atoms with Crippen LogP contribution < -0.4 is 10.2 Å². The fraction of sp³-hybridized carbons (Fsp3) is 0.381. The first-order valence-electron chi connectivity index (χ1n) is 10.0. The van der Waals surface area contributed by atoms with Gasteiger partial charge in [-0.1, -0.05) is 0 Å². The van der Waals surface area contributed by atoms with Crippen LogP contribution in [0, 0.1) is 11.6 Å². The number of halogens is 2. The second kappa shape index (κ2) is 8.74. The highest BCUT2D eigenvalue weighted by Gasteiger charge is 2.31. The van der Waals surface area contributed by atoms with Crippen LogP contribution in [-0.4, -0.2) is 45.9 Å². The van der Waals surface area contributed by atoms with Crippen molar-refractivity contribution in [2.24, 2.45) is 0 Å². The number of hydrogen-bond acceptors (Lipinski definition) is 5. The van der Waals surface area contributed by atoms with Crippen molar-refractivity contribution in [3.05, 3.63) is 53.2 Å². The molecule has 1 amide bonds. The van der Waals surface area contributed by atoms with Crippen LogP contribution in [0.2, 0.25) is 0 Å². The van der Waals surface area contributed by atoms with Gasteiger partial charge in [0.25, 0.3) is 5.91 Å². The van der Waals surface area contributed by atoms with E-state index in [-0.39, 0.29) is 18.6 Å². The maximum absolute atomic E-state index is 14.4. The van der Waals surface area contributed by atoms with E-state index >= 15 is 0 Å². The Balaban J connectivity index is 1.62. The van der Waals surface area contributed by atoms with Crippen LogP contribution in [0.15, 0.2) is 30.5 Å². The number of nitrogens with zero attached hydrogens (tertiary/aromatic N) is 3. The van der Waals surface area contributed by atoms with E-state index in [1.165, 1.54) is 12.3 Å². The van der Waals surface area contributed by atoms with Gasteiger partial charge in [-0.25, -0.2) is 13.8 Å². The molecule has 0 radical (unpaired) electrons. The van der Waals surface area contributed by atoms with E-state index in [0.29, 0.717) is 60.3 Å². The standard InChI is InChI=1S/C21H23F2N5O2/c22-14-5-6-17(23)15(11-14)18-4-3-8-28(18)20-16-10-13(12-25-19(16)26-27-20)21(30)24-7-1-2-9-29/h5-6,10-12,18,29H,1-4,7-9H2,(H,24,30)(H,25,26,27). The number of benzene rings is 1. The number of unbranched alkanes of at least 4 members (excludes halogenated alkanes) is 1. The molecule has 158 valence electrons. The first-order chi connectivity index (χ1) is 14.6. The van der Waals surface area contributed by atoms with Crippen molar-refractivity contribution < 1.29 is 18.7 Å². The number of rotatable bonds is 7. The number of hydrogen-bond donors (Lipinski definition) is 3. The monoisotopic (exact) mass is 415 g/mol. The molecule has 0 saturated carbocycles. The Kier molecular flexibility index (Phi) is 5.89. The minimum atomic E-state index is -0.480. The molecule has 9 heteroatoms. The van der Waals surface area contributed by atoms with Gasteiger partial charge in [-0.3, -0.25) is 9.89 Å². The summed E-state index contributed by atoms with van der Waals surface area (Å²) in [5.74, 6) is -0.622. The number of aliphatic hydroxyl groups excluding tert-OH is 1. The molecule has 1 saturated heterocycles. The van der Waals surface area contributed by atoms with E-state index in [4.69, 9.17) is 5.11 Å². The summed E-state index contributed by atoms with van der Waals surface area (Å²) in [6, 6.07) is 4.85. The highest BCUT2D eigenvalue weighted by atomic mass is 19.1.